The molecule has 0 spiro atoms. The summed E-state index contributed by atoms with van der Waals surface area (Å²) in [5.41, 5.74) is 3.43. The predicted molar refractivity (Wildman–Crippen MR) is 155 cm³/mol. The van der Waals surface area contributed by atoms with E-state index in [0.717, 1.165) is 62.5 Å². The minimum absolute atomic E-state index is 0.265. The van der Waals surface area contributed by atoms with Crippen LogP contribution in [0.1, 0.15) is 74.5 Å². The topological polar surface area (TPSA) is 69.8 Å². The smallest absolute Gasteiger partial charge is 0.321 e. The SMILES string of the molecule is CN1CCC(c2cc(-c3ccccc3)no2)CC1.O=C(O)[C@@H](C1CCCCC1)N1CC[C@@H](c2ccccc2)C1. The molecule has 2 aliphatic heterocycles. The third kappa shape index (κ3) is 7.17. The zero-order chi connectivity index (χ0) is 27.0. The summed E-state index contributed by atoms with van der Waals surface area (Å²) in [6.45, 7) is 4.11. The minimum Gasteiger partial charge on any atom is -0.480 e. The molecule has 3 fully saturated rings. The van der Waals surface area contributed by atoms with Crippen molar-refractivity contribution >= 4 is 5.97 Å². The molecular weight excluding hydrogens is 486 g/mol. The lowest BCUT2D eigenvalue weighted by Crippen LogP contribution is -2.45. The van der Waals surface area contributed by atoms with Gasteiger partial charge in [0.1, 0.15) is 17.5 Å². The monoisotopic (exact) mass is 529 g/mol. The summed E-state index contributed by atoms with van der Waals surface area (Å²) >= 11 is 0. The van der Waals surface area contributed by atoms with E-state index in [2.05, 4.69) is 64.5 Å². The number of piperidine rings is 1. The van der Waals surface area contributed by atoms with Gasteiger partial charge in [0.25, 0.3) is 0 Å². The van der Waals surface area contributed by atoms with Gasteiger partial charge in [-0.25, -0.2) is 0 Å². The molecule has 3 aromatic rings. The van der Waals surface area contributed by atoms with E-state index in [1.54, 1.807) is 0 Å². The summed E-state index contributed by atoms with van der Waals surface area (Å²) in [4.78, 5) is 16.4. The summed E-state index contributed by atoms with van der Waals surface area (Å²) in [7, 11) is 2.17. The van der Waals surface area contributed by atoms with Crippen LogP contribution >= 0.6 is 0 Å². The van der Waals surface area contributed by atoms with Crippen molar-refractivity contribution in [3.63, 3.8) is 0 Å². The number of rotatable bonds is 6. The Hall–Kier alpha value is -2.96. The van der Waals surface area contributed by atoms with E-state index in [1.807, 2.05) is 24.3 Å². The van der Waals surface area contributed by atoms with Crippen LogP contribution in [0.15, 0.2) is 71.3 Å². The predicted octanol–water partition coefficient (Wildman–Crippen LogP) is 6.66. The second-order valence-corrected chi connectivity index (χ2v) is 11.6. The van der Waals surface area contributed by atoms with Crippen LogP contribution < -0.4 is 0 Å². The summed E-state index contributed by atoms with van der Waals surface area (Å²) in [5.74, 6) is 1.81. The highest BCUT2D eigenvalue weighted by Crippen LogP contribution is 2.35. The van der Waals surface area contributed by atoms with Gasteiger partial charge in [-0.2, -0.15) is 0 Å². The largest absolute Gasteiger partial charge is 0.480 e. The molecule has 1 aromatic heterocycles. The fraction of sp³-hybridized carbons (Fsp3) is 0.515. The molecule has 0 amide bonds. The molecule has 1 saturated carbocycles. The molecular formula is C33H43N3O3. The van der Waals surface area contributed by atoms with Crippen LogP contribution in [0, 0.1) is 5.92 Å². The van der Waals surface area contributed by atoms with Crippen LogP contribution in [-0.2, 0) is 4.79 Å². The first-order chi connectivity index (χ1) is 19.1. The molecule has 3 aliphatic rings. The first-order valence-electron chi connectivity index (χ1n) is 14.8. The van der Waals surface area contributed by atoms with E-state index >= 15 is 0 Å². The van der Waals surface area contributed by atoms with Crippen molar-refractivity contribution in [2.45, 2.75) is 69.2 Å². The Kier molecular flexibility index (Phi) is 9.49. The van der Waals surface area contributed by atoms with Gasteiger partial charge in [-0.1, -0.05) is 85.1 Å². The Morgan fingerprint density at radius 2 is 1.51 bits per heavy atom. The lowest BCUT2D eigenvalue weighted by molar-refractivity contribution is -0.145. The summed E-state index contributed by atoms with van der Waals surface area (Å²) in [6.07, 6.45) is 9.26. The maximum absolute atomic E-state index is 11.8. The van der Waals surface area contributed by atoms with Crippen LogP contribution in [0.3, 0.4) is 0 Å². The lowest BCUT2D eigenvalue weighted by Gasteiger charge is -2.33. The number of carboxylic acids is 1. The fourth-order valence-electron chi connectivity index (χ4n) is 6.66. The molecule has 0 radical (unpaired) electrons. The standard InChI is InChI=1S/C18H25NO2.C15H18N2O/c20-18(21)17(15-9-5-2-6-10-15)19-12-11-16(13-19)14-7-3-1-4-8-14;1-17-9-7-13(8-10-17)15-11-14(16-18-15)12-5-3-2-4-6-12/h1,3-4,7-8,15-17H,2,5-6,9-13H2,(H,20,21);2-6,11,13H,7-10H2,1H3/t16-,17-;/m1./s1. The van der Waals surface area contributed by atoms with Gasteiger partial charge < -0.3 is 14.5 Å². The number of hydrogen-bond acceptors (Lipinski definition) is 5. The molecule has 2 atom stereocenters. The quantitative estimate of drug-likeness (QED) is 0.385. The number of aromatic nitrogens is 1. The number of carbonyl (C=O) groups is 1. The average molecular weight is 530 g/mol. The highest BCUT2D eigenvalue weighted by molar-refractivity contribution is 5.74. The lowest BCUT2D eigenvalue weighted by atomic mass is 9.83. The number of aliphatic carboxylic acids is 1. The van der Waals surface area contributed by atoms with Crippen LogP contribution in [0.2, 0.25) is 0 Å². The molecule has 1 N–H and O–H groups in total. The van der Waals surface area contributed by atoms with E-state index < -0.39 is 5.97 Å². The fourth-order valence-corrected chi connectivity index (χ4v) is 6.66. The highest BCUT2D eigenvalue weighted by Gasteiger charge is 2.38. The van der Waals surface area contributed by atoms with Crippen molar-refractivity contribution in [2.75, 3.05) is 33.2 Å². The third-order valence-electron chi connectivity index (χ3n) is 8.95. The number of likely N-dealkylation sites (tertiary alicyclic amines) is 2. The zero-order valence-corrected chi connectivity index (χ0v) is 23.3. The van der Waals surface area contributed by atoms with E-state index in [9.17, 15) is 9.90 Å². The molecule has 6 heteroatoms. The van der Waals surface area contributed by atoms with E-state index in [4.69, 9.17) is 4.52 Å². The third-order valence-corrected chi connectivity index (χ3v) is 8.95. The summed E-state index contributed by atoms with van der Waals surface area (Å²) in [6, 6.07) is 22.6. The van der Waals surface area contributed by atoms with E-state index in [0.29, 0.717) is 17.8 Å². The first kappa shape index (κ1) is 27.6. The van der Waals surface area contributed by atoms with Gasteiger partial charge in [-0.05, 0) is 76.2 Å². The Morgan fingerprint density at radius 3 is 2.18 bits per heavy atom. The number of carboxylic acid groups (broad SMARTS) is 1. The summed E-state index contributed by atoms with van der Waals surface area (Å²) < 4.78 is 5.53. The Balaban J connectivity index is 0.000000160. The molecule has 0 unspecified atom stereocenters. The maximum Gasteiger partial charge on any atom is 0.321 e. The van der Waals surface area contributed by atoms with Crippen LogP contribution in [-0.4, -0.2) is 65.3 Å². The van der Waals surface area contributed by atoms with E-state index in [1.165, 1.54) is 37.7 Å². The first-order valence-corrected chi connectivity index (χ1v) is 14.8. The number of benzene rings is 2. The zero-order valence-electron chi connectivity index (χ0n) is 23.3. The molecule has 208 valence electrons. The Bertz CT molecular complexity index is 1150. The van der Waals surface area contributed by atoms with Crippen molar-refractivity contribution in [3.8, 4) is 11.3 Å². The molecule has 1 aliphatic carbocycles. The van der Waals surface area contributed by atoms with Gasteiger partial charge in [0.15, 0.2) is 0 Å². The van der Waals surface area contributed by atoms with Crippen molar-refractivity contribution < 1.29 is 14.4 Å². The second kappa shape index (κ2) is 13.4. The molecule has 2 saturated heterocycles. The van der Waals surface area contributed by atoms with Gasteiger partial charge in [-0.3, -0.25) is 9.69 Å². The van der Waals surface area contributed by atoms with Crippen LogP contribution in [0.5, 0.6) is 0 Å². The second-order valence-electron chi connectivity index (χ2n) is 11.6. The Labute approximate surface area is 233 Å². The van der Waals surface area contributed by atoms with Crippen molar-refractivity contribution in [1.82, 2.24) is 15.0 Å². The number of hydrogen-bond donors (Lipinski definition) is 1. The van der Waals surface area contributed by atoms with Crippen molar-refractivity contribution in [1.29, 1.82) is 0 Å². The summed E-state index contributed by atoms with van der Waals surface area (Å²) in [5, 5.41) is 13.9. The van der Waals surface area contributed by atoms with Crippen molar-refractivity contribution in [3.05, 3.63) is 78.1 Å². The maximum atomic E-state index is 11.8. The Morgan fingerprint density at radius 1 is 0.872 bits per heavy atom. The normalized spacial score (nSPS) is 22.2. The minimum atomic E-state index is -0.615. The van der Waals surface area contributed by atoms with Crippen molar-refractivity contribution in [2.24, 2.45) is 5.92 Å². The van der Waals surface area contributed by atoms with E-state index in [-0.39, 0.29) is 6.04 Å². The van der Waals surface area contributed by atoms with Crippen LogP contribution in [0.25, 0.3) is 11.3 Å². The van der Waals surface area contributed by atoms with Gasteiger partial charge in [-0.15, -0.1) is 0 Å². The highest BCUT2D eigenvalue weighted by atomic mass is 16.5. The van der Waals surface area contributed by atoms with Gasteiger partial charge >= 0.3 is 5.97 Å². The molecule has 3 heterocycles. The molecule has 0 bridgehead atoms. The molecule has 6 nitrogen and oxygen atoms in total. The molecule has 2 aromatic carbocycles. The molecule has 39 heavy (non-hydrogen) atoms. The van der Waals surface area contributed by atoms with Gasteiger partial charge in [0.05, 0.1) is 0 Å². The van der Waals surface area contributed by atoms with Gasteiger partial charge in [0.2, 0.25) is 0 Å². The molecule has 6 rings (SSSR count). The van der Waals surface area contributed by atoms with Crippen LogP contribution in [0.4, 0.5) is 0 Å². The van der Waals surface area contributed by atoms with Gasteiger partial charge in [0, 0.05) is 24.1 Å². The average Bonchev–Trinajstić information content (AvgIpc) is 3.66. The number of nitrogens with zero attached hydrogens (tertiary/aromatic N) is 3.